The van der Waals surface area contributed by atoms with Gasteiger partial charge >= 0.3 is 0 Å². The molecule has 0 spiro atoms. The van der Waals surface area contributed by atoms with Crippen molar-refractivity contribution in [3.05, 3.63) is 75.0 Å². The number of benzene rings is 2. The second-order valence-corrected chi connectivity index (χ2v) is 9.94. The van der Waals surface area contributed by atoms with Gasteiger partial charge in [-0.05, 0) is 42.9 Å². The molecule has 0 saturated carbocycles. The Morgan fingerprint density at radius 1 is 1.24 bits per heavy atom. The molecular weight excluding hydrogens is 470 g/mol. The molecule has 2 aromatic carbocycles. The molecule has 9 heteroatoms. The van der Waals surface area contributed by atoms with Gasteiger partial charge in [0, 0.05) is 21.7 Å². The van der Waals surface area contributed by atoms with Crippen molar-refractivity contribution in [1.29, 1.82) is 0 Å². The Morgan fingerprint density at radius 3 is 2.76 bits per heavy atom. The minimum Gasteiger partial charge on any atom is -0.324 e. The number of rotatable bonds is 5. The maximum atomic E-state index is 13.9. The van der Waals surface area contributed by atoms with Gasteiger partial charge in [-0.2, -0.15) is 0 Å². The Hall–Kier alpha value is -3.10. The molecule has 5 rings (SSSR count). The van der Waals surface area contributed by atoms with Crippen molar-refractivity contribution in [3.8, 4) is 11.3 Å². The summed E-state index contributed by atoms with van der Waals surface area (Å²) in [5, 5.41) is 8.43. The summed E-state index contributed by atoms with van der Waals surface area (Å²) in [5.41, 5.74) is 3.66. The van der Waals surface area contributed by atoms with Crippen LogP contribution in [0.5, 0.6) is 0 Å². The monoisotopic (exact) mass is 493 g/mol. The first-order valence-corrected chi connectivity index (χ1v) is 12.7. The molecule has 174 valence electrons. The van der Waals surface area contributed by atoms with Gasteiger partial charge in [0.15, 0.2) is 5.16 Å². The molecular formula is C25H24ClN5O2S. The molecule has 1 amide bonds. The molecule has 4 aromatic rings. The van der Waals surface area contributed by atoms with Crippen molar-refractivity contribution in [2.24, 2.45) is 0 Å². The second kappa shape index (κ2) is 8.60. The smallest absolute Gasteiger partial charge is 0.265 e. The zero-order chi connectivity index (χ0) is 24.0. The molecule has 2 aromatic heterocycles. The fourth-order valence-corrected chi connectivity index (χ4v) is 5.36. The number of nitrogens with one attached hydrogen (secondary N) is 1. The van der Waals surface area contributed by atoms with E-state index in [4.69, 9.17) is 16.6 Å². The van der Waals surface area contributed by atoms with Crippen molar-refractivity contribution >= 4 is 40.7 Å². The van der Waals surface area contributed by atoms with Crippen LogP contribution in [-0.2, 0) is 23.2 Å². The van der Waals surface area contributed by atoms with Gasteiger partial charge in [0.1, 0.15) is 6.54 Å². The highest BCUT2D eigenvalue weighted by molar-refractivity contribution is 7.98. The fourth-order valence-electron chi connectivity index (χ4n) is 4.64. The molecule has 34 heavy (non-hydrogen) atoms. The molecule has 1 aliphatic carbocycles. The van der Waals surface area contributed by atoms with E-state index in [2.05, 4.69) is 30.3 Å². The van der Waals surface area contributed by atoms with E-state index in [1.807, 2.05) is 24.5 Å². The number of aromatic nitrogens is 4. The normalized spacial score (nSPS) is 16.8. The van der Waals surface area contributed by atoms with Crippen molar-refractivity contribution in [2.45, 2.75) is 43.8 Å². The predicted molar refractivity (Wildman–Crippen MR) is 136 cm³/mol. The fraction of sp³-hybridized carbons (Fsp3) is 0.280. The number of halogens is 1. The molecule has 1 aliphatic rings. The van der Waals surface area contributed by atoms with Gasteiger partial charge in [-0.1, -0.05) is 67.5 Å². The van der Waals surface area contributed by atoms with Crippen molar-refractivity contribution < 1.29 is 4.79 Å². The first kappa shape index (κ1) is 22.7. The Balaban J connectivity index is 1.66. The van der Waals surface area contributed by atoms with Crippen LogP contribution in [0.2, 0.25) is 5.02 Å². The van der Waals surface area contributed by atoms with Gasteiger partial charge in [-0.15, -0.1) is 5.10 Å². The Kier molecular flexibility index (Phi) is 5.73. The Bertz CT molecular complexity index is 1490. The number of carbonyl (C=O) groups is 1. The minimum absolute atomic E-state index is 0.0888. The van der Waals surface area contributed by atoms with Gasteiger partial charge in [0.2, 0.25) is 11.7 Å². The van der Waals surface area contributed by atoms with Crippen LogP contribution in [0.1, 0.15) is 31.4 Å². The van der Waals surface area contributed by atoms with Crippen LogP contribution in [0.3, 0.4) is 0 Å². The summed E-state index contributed by atoms with van der Waals surface area (Å²) < 4.78 is 3.03. The minimum atomic E-state index is -0.337. The van der Waals surface area contributed by atoms with Crippen molar-refractivity contribution in [3.63, 3.8) is 0 Å². The van der Waals surface area contributed by atoms with Gasteiger partial charge in [0.25, 0.3) is 5.56 Å². The molecule has 0 unspecified atom stereocenters. The summed E-state index contributed by atoms with van der Waals surface area (Å²) in [7, 11) is 0. The van der Waals surface area contributed by atoms with Crippen molar-refractivity contribution in [1.82, 2.24) is 19.2 Å². The van der Waals surface area contributed by atoms with E-state index < -0.39 is 0 Å². The highest BCUT2D eigenvalue weighted by Crippen LogP contribution is 2.42. The molecule has 7 nitrogen and oxygen atoms in total. The van der Waals surface area contributed by atoms with E-state index in [9.17, 15) is 9.59 Å². The molecule has 1 N–H and O–H groups in total. The van der Waals surface area contributed by atoms with Crippen LogP contribution in [0, 0.1) is 0 Å². The predicted octanol–water partition coefficient (Wildman–Crippen LogP) is 4.80. The molecule has 0 bridgehead atoms. The Labute approximate surface area is 206 Å². The summed E-state index contributed by atoms with van der Waals surface area (Å²) in [6.07, 6.45) is 3.45. The SMILES string of the molecule is CC[C@@]1(C)Cc2ccccc2-c2nc3n(CC(=O)Nc4cccc(Cl)c4)nc(SC)n3c(=O)c21. The molecule has 0 radical (unpaired) electrons. The summed E-state index contributed by atoms with van der Waals surface area (Å²) in [4.78, 5) is 31.7. The summed E-state index contributed by atoms with van der Waals surface area (Å²) in [5.74, 6) is 0.0650. The number of hydrogen-bond donors (Lipinski definition) is 1. The highest BCUT2D eigenvalue weighted by atomic mass is 35.5. The summed E-state index contributed by atoms with van der Waals surface area (Å²) in [6, 6.07) is 15.0. The standard InChI is InChI=1S/C25H24ClN5O2S/c1-4-25(2)13-15-8-5-6-11-18(15)21-20(25)22(33)31-23(28-21)30(29-24(31)34-3)14-19(32)27-17-10-7-9-16(26)12-17/h5-12H,4,13-14H2,1-3H3,(H,27,32)/t25-/m0/s1. The molecule has 0 saturated heterocycles. The number of fused-ring (bicyclic) bond motifs is 4. The van der Waals surface area contributed by atoms with Gasteiger partial charge in [0.05, 0.1) is 11.3 Å². The van der Waals surface area contributed by atoms with Crippen LogP contribution in [-0.4, -0.2) is 31.3 Å². The quantitative estimate of drug-likeness (QED) is 0.404. The zero-order valence-electron chi connectivity index (χ0n) is 19.1. The second-order valence-electron chi connectivity index (χ2n) is 8.73. The first-order chi connectivity index (χ1) is 16.3. The van der Waals surface area contributed by atoms with E-state index in [0.29, 0.717) is 32.9 Å². The molecule has 1 atom stereocenters. The lowest BCUT2D eigenvalue weighted by molar-refractivity contribution is -0.116. The third kappa shape index (κ3) is 3.71. The number of amides is 1. The third-order valence-corrected chi connectivity index (χ3v) is 7.38. The maximum absolute atomic E-state index is 13.9. The number of carbonyl (C=O) groups excluding carboxylic acids is 1. The largest absolute Gasteiger partial charge is 0.324 e. The van der Waals surface area contributed by atoms with E-state index in [1.165, 1.54) is 26.4 Å². The average Bonchev–Trinajstić information content (AvgIpc) is 3.16. The van der Waals surface area contributed by atoms with Crippen LogP contribution in [0.15, 0.2) is 58.5 Å². The van der Waals surface area contributed by atoms with E-state index in [0.717, 1.165) is 18.4 Å². The number of anilines is 1. The van der Waals surface area contributed by atoms with Gasteiger partial charge < -0.3 is 5.32 Å². The summed E-state index contributed by atoms with van der Waals surface area (Å²) >= 11 is 7.38. The van der Waals surface area contributed by atoms with Crippen LogP contribution >= 0.6 is 23.4 Å². The lowest BCUT2D eigenvalue weighted by atomic mass is 9.69. The Morgan fingerprint density at radius 2 is 2.03 bits per heavy atom. The third-order valence-electron chi connectivity index (χ3n) is 6.52. The van der Waals surface area contributed by atoms with E-state index in [-0.39, 0.29) is 23.4 Å². The zero-order valence-corrected chi connectivity index (χ0v) is 20.7. The number of thioether (sulfide) groups is 1. The lowest BCUT2D eigenvalue weighted by Crippen LogP contribution is -2.38. The first-order valence-electron chi connectivity index (χ1n) is 11.1. The number of hydrogen-bond acceptors (Lipinski definition) is 5. The summed E-state index contributed by atoms with van der Waals surface area (Å²) in [6.45, 7) is 4.14. The van der Waals surface area contributed by atoms with Crippen molar-refractivity contribution in [2.75, 3.05) is 11.6 Å². The van der Waals surface area contributed by atoms with Crippen LogP contribution < -0.4 is 10.9 Å². The van der Waals surface area contributed by atoms with E-state index in [1.54, 1.807) is 24.3 Å². The van der Waals surface area contributed by atoms with Gasteiger partial charge in [-0.25, -0.2) is 14.1 Å². The average molecular weight is 494 g/mol. The highest BCUT2D eigenvalue weighted by Gasteiger charge is 2.38. The molecule has 2 heterocycles. The van der Waals surface area contributed by atoms with E-state index >= 15 is 0 Å². The topological polar surface area (TPSA) is 81.3 Å². The van der Waals surface area contributed by atoms with Gasteiger partial charge in [-0.3, -0.25) is 9.59 Å². The number of nitrogens with zero attached hydrogens (tertiary/aromatic N) is 4. The molecule has 0 fully saturated rings. The van der Waals surface area contributed by atoms with Crippen LogP contribution in [0.4, 0.5) is 5.69 Å². The lowest BCUT2D eigenvalue weighted by Gasteiger charge is -2.35. The maximum Gasteiger partial charge on any atom is 0.265 e. The molecule has 0 aliphatic heterocycles. The van der Waals surface area contributed by atoms with Crippen LogP contribution in [0.25, 0.3) is 17.0 Å².